The molecule has 0 fully saturated rings. The van der Waals surface area contributed by atoms with Crippen LogP contribution in [-0.4, -0.2) is 115 Å². The highest BCUT2D eigenvalue weighted by Gasteiger charge is 2.27. The zero-order valence-corrected chi connectivity index (χ0v) is 49.6. The van der Waals surface area contributed by atoms with Gasteiger partial charge in [0.15, 0.2) is 0 Å². The molecule has 77 heavy (non-hydrogen) atoms. The Balaban J connectivity index is 1.81. The smallest absolute Gasteiger partial charge is 0.244 e. The zero-order chi connectivity index (χ0) is 56.7. The normalized spacial score (nSPS) is 17.1. The minimum absolute atomic E-state index is 0.0427. The van der Waals surface area contributed by atoms with Gasteiger partial charge < -0.3 is 45.0 Å². The number of carbonyl (C=O) groups is 4. The van der Waals surface area contributed by atoms with E-state index in [9.17, 15) is 19.2 Å². The van der Waals surface area contributed by atoms with E-state index in [1.807, 2.05) is 44.2 Å². The van der Waals surface area contributed by atoms with Crippen molar-refractivity contribution < 1.29 is 42.9 Å². The first kappa shape index (κ1) is 68.2. The molecular weight excluding hydrogens is 969 g/mol. The first-order valence-electron chi connectivity index (χ1n) is 28.7. The highest BCUT2D eigenvalue weighted by Crippen LogP contribution is 2.42. The molecule has 2 aliphatic rings. The molecule has 2 aliphatic carbocycles. The summed E-state index contributed by atoms with van der Waals surface area (Å²) in [7, 11) is 0. The van der Waals surface area contributed by atoms with Crippen molar-refractivity contribution in [2.24, 2.45) is 10.8 Å². The lowest BCUT2D eigenvalue weighted by molar-refractivity contribution is -0.127. The number of hydrogen-bond donors (Lipinski definition) is 4. The topological polar surface area (TPSA) is 163 Å². The fraction of sp³-hybridized carbons (Fsp3) is 0.625. The number of carbonyl (C=O) groups excluding carboxylic acids is 4. The largest absolute Gasteiger partial charge is 0.379 e. The summed E-state index contributed by atoms with van der Waals surface area (Å²) in [5.74, 6) is -0.837. The van der Waals surface area contributed by atoms with Crippen LogP contribution in [0.2, 0.25) is 0 Å². The zero-order valence-electron chi connectivity index (χ0n) is 49.6. The third-order valence-corrected chi connectivity index (χ3v) is 13.6. The fourth-order valence-electron chi connectivity index (χ4n) is 9.17. The maximum Gasteiger partial charge on any atom is 0.244 e. The van der Waals surface area contributed by atoms with Gasteiger partial charge in [-0.3, -0.25) is 19.2 Å². The van der Waals surface area contributed by atoms with E-state index in [-0.39, 0.29) is 34.5 Å². The monoisotopic (exact) mass is 1070 g/mol. The average Bonchev–Trinajstić information content (AvgIpc) is 3.35. The van der Waals surface area contributed by atoms with Gasteiger partial charge in [0.1, 0.15) is 6.04 Å². The number of allylic oxidation sites excluding steroid dienone is 18. The Morgan fingerprint density at radius 3 is 1.49 bits per heavy atom. The van der Waals surface area contributed by atoms with Gasteiger partial charge in [0.05, 0.1) is 46.2 Å². The molecule has 0 aliphatic heterocycles. The summed E-state index contributed by atoms with van der Waals surface area (Å²) in [5, 5.41) is 11.7. The van der Waals surface area contributed by atoms with Gasteiger partial charge in [0.2, 0.25) is 23.6 Å². The van der Waals surface area contributed by atoms with Gasteiger partial charge >= 0.3 is 0 Å². The molecule has 13 nitrogen and oxygen atoms in total. The van der Waals surface area contributed by atoms with Crippen LogP contribution in [0.1, 0.15) is 160 Å². The lowest BCUT2D eigenvalue weighted by Gasteiger charge is -2.33. The number of rotatable bonds is 39. The fourth-order valence-corrected chi connectivity index (χ4v) is 9.17. The van der Waals surface area contributed by atoms with Crippen LogP contribution in [0, 0.1) is 10.8 Å². The standard InChI is InChI=1S/C64H102N4O9/c1-12-38-73-42-45-76-41-32-59(69)65-36-19-39-74-43-46-77-47-44-75-40-20-37-67-62(72)58(68-61(71)49-53(5)24-16-22-51(3)29-31-57-55(7)26-18-34-64(57,10)11)27-13-14-35-66-60(70)48-52(4)23-15-21-50(2)28-30-56-54(6)25-17-33-63(56,8)9/h15-16,21-24,28-31,48-49,58H,12-14,17-20,25-27,32-47H2,1-11H3,(H,65,69)(H,66,70)(H,67,72)(H,68,71)/b23-15+,24-16+,30-28+,31-29+,50-21+,51-22+,52-48+,53-49+/t58-/m1/s1. The van der Waals surface area contributed by atoms with Crippen molar-refractivity contribution in [2.45, 2.75) is 166 Å². The summed E-state index contributed by atoms with van der Waals surface area (Å²) >= 11 is 0. The molecule has 432 valence electrons. The van der Waals surface area contributed by atoms with Gasteiger partial charge in [-0.05, 0) is 152 Å². The number of hydrogen-bond acceptors (Lipinski definition) is 9. The van der Waals surface area contributed by atoms with E-state index in [0.29, 0.717) is 118 Å². The maximum absolute atomic E-state index is 13.5. The third kappa shape index (κ3) is 32.6. The van der Waals surface area contributed by atoms with Crippen molar-refractivity contribution in [2.75, 3.05) is 85.7 Å². The van der Waals surface area contributed by atoms with Gasteiger partial charge in [0.25, 0.3) is 0 Å². The third-order valence-electron chi connectivity index (χ3n) is 13.6. The first-order valence-corrected chi connectivity index (χ1v) is 28.7. The second-order valence-corrected chi connectivity index (χ2v) is 21.9. The summed E-state index contributed by atoms with van der Waals surface area (Å²) in [6, 6.07) is -0.754. The number of unbranched alkanes of at least 4 members (excludes halogenated alkanes) is 1. The van der Waals surface area contributed by atoms with Crippen LogP contribution < -0.4 is 21.3 Å². The predicted molar refractivity (Wildman–Crippen MR) is 315 cm³/mol. The second-order valence-electron chi connectivity index (χ2n) is 21.9. The van der Waals surface area contributed by atoms with Crippen LogP contribution in [0.5, 0.6) is 0 Å². The molecule has 0 saturated heterocycles. The lowest BCUT2D eigenvalue weighted by Crippen LogP contribution is -2.46. The molecule has 0 bridgehead atoms. The molecule has 0 spiro atoms. The van der Waals surface area contributed by atoms with Crippen LogP contribution in [0.3, 0.4) is 0 Å². The molecule has 0 unspecified atom stereocenters. The first-order chi connectivity index (χ1) is 36.8. The summed E-state index contributed by atoms with van der Waals surface area (Å²) in [6.07, 6.45) is 35.2. The Morgan fingerprint density at radius 2 is 0.987 bits per heavy atom. The van der Waals surface area contributed by atoms with Gasteiger partial charge in [-0.2, -0.15) is 0 Å². The molecule has 0 aromatic heterocycles. The molecule has 2 rings (SSSR count). The summed E-state index contributed by atoms with van der Waals surface area (Å²) in [6.45, 7) is 29.9. The molecule has 0 heterocycles. The SMILES string of the molecule is CCCOCCOCCC(=O)NCCCOCCOCCOCCCNC(=O)[C@@H](CCCCNC(=O)/C=C(C)/C=C/C=C(C)/C=C/C1=C(C)CCCC1(C)C)NC(=O)/C=C(C)/C=C/C=C(C)/C=C/C1=C(C)CCCC1(C)C. The van der Waals surface area contributed by atoms with Crippen molar-refractivity contribution >= 4 is 23.6 Å². The van der Waals surface area contributed by atoms with Crippen molar-refractivity contribution in [3.8, 4) is 0 Å². The minimum Gasteiger partial charge on any atom is -0.379 e. The number of ether oxygens (including phenoxy) is 5. The molecule has 4 amide bonds. The average molecular weight is 1070 g/mol. The summed E-state index contributed by atoms with van der Waals surface area (Å²) in [5.41, 5.74) is 10.0. The van der Waals surface area contributed by atoms with Crippen molar-refractivity contribution in [1.82, 2.24) is 21.3 Å². The van der Waals surface area contributed by atoms with Crippen molar-refractivity contribution in [3.05, 3.63) is 117 Å². The summed E-state index contributed by atoms with van der Waals surface area (Å²) < 4.78 is 27.7. The maximum atomic E-state index is 13.5. The van der Waals surface area contributed by atoms with Gasteiger partial charge in [-0.25, -0.2) is 0 Å². The molecule has 13 heteroatoms. The highest BCUT2D eigenvalue weighted by molar-refractivity contribution is 5.93. The van der Waals surface area contributed by atoms with Crippen LogP contribution in [-0.2, 0) is 42.9 Å². The number of amides is 4. The molecule has 0 aromatic rings. The molecule has 0 aromatic carbocycles. The Bertz CT molecular complexity index is 2120. The molecule has 4 N–H and O–H groups in total. The quantitative estimate of drug-likeness (QED) is 0.0267. The van der Waals surface area contributed by atoms with Crippen LogP contribution in [0.4, 0.5) is 0 Å². The lowest BCUT2D eigenvalue weighted by atomic mass is 9.72. The van der Waals surface area contributed by atoms with Gasteiger partial charge in [-0.15, -0.1) is 0 Å². The van der Waals surface area contributed by atoms with Crippen LogP contribution >= 0.6 is 0 Å². The molecule has 1 atom stereocenters. The highest BCUT2D eigenvalue weighted by atomic mass is 16.5. The van der Waals surface area contributed by atoms with E-state index in [4.69, 9.17) is 23.7 Å². The van der Waals surface area contributed by atoms with Gasteiger partial charge in [0, 0.05) is 58.0 Å². The van der Waals surface area contributed by atoms with Crippen molar-refractivity contribution in [1.29, 1.82) is 0 Å². The number of nitrogens with one attached hydrogen (secondary N) is 4. The van der Waals surface area contributed by atoms with E-state index in [2.05, 4.69) is 114 Å². The second kappa shape index (κ2) is 40.3. The minimum atomic E-state index is -0.754. The molecular formula is C64H102N4O9. The van der Waals surface area contributed by atoms with E-state index < -0.39 is 6.04 Å². The van der Waals surface area contributed by atoms with Crippen LogP contribution in [0.25, 0.3) is 0 Å². The van der Waals surface area contributed by atoms with Crippen molar-refractivity contribution in [3.63, 3.8) is 0 Å². The van der Waals surface area contributed by atoms with E-state index in [0.717, 1.165) is 48.2 Å². The van der Waals surface area contributed by atoms with Gasteiger partial charge in [-0.1, -0.05) is 118 Å². The molecule has 0 radical (unpaired) electrons. The van der Waals surface area contributed by atoms with Crippen LogP contribution in [0.15, 0.2) is 117 Å². The van der Waals surface area contributed by atoms with E-state index in [1.165, 1.54) is 54.1 Å². The molecule has 0 saturated carbocycles. The Kier molecular flexibility index (Phi) is 35.7. The predicted octanol–water partition coefficient (Wildman–Crippen LogP) is 11.7. The Hall–Kier alpha value is -4.92. The Labute approximate surface area is 465 Å². The summed E-state index contributed by atoms with van der Waals surface area (Å²) in [4.78, 5) is 51.4. The Morgan fingerprint density at radius 1 is 0.532 bits per heavy atom. The van der Waals surface area contributed by atoms with E-state index >= 15 is 0 Å². The van der Waals surface area contributed by atoms with E-state index in [1.54, 1.807) is 6.08 Å².